The Kier molecular flexibility index (Phi) is 19.2. The lowest BCUT2D eigenvalue weighted by molar-refractivity contribution is -0.440. The largest absolute Gasteiger partial charge is 0.460 e. The number of alkyl halides is 13. The number of unbranched alkanes of at least 4 members (excludes halogenated alkanes) is 8. The van der Waals surface area contributed by atoms with Gasteiger partial charge in [-0.05, 0) is 24.7 Å². The molecule has 0 saturated carbocycles. The topological polar surface area (TPSA) is 27.7 Å². The number of rotatable bonds is 26. The summed E-state index contributed by atoms with van der Waals surface area (Å²) < 4.78 is 189. The van der Waals surface area contributed by atoms with E-state index in [4.69, 9.17) is 13.6 Å². The van der Waals surface area contributed by atoms with Crippen LogP contribution in [-0.4, -0.2) is 55.6 Å². The fourth-order valence-corrected chi connectivity index (χ4v) is 4.99. The number of halogens is 13. The molecule has 0 rings (SSSR count). The third-order valence-electron chi connectivity index (χ3n) is 6.86. The Balaban J connectivity index is 5.21. The zero-order chi connectivity index (χ0) is 35.2. The molecule has 0 aromatic rings. The van der Waals surface area contributed by atoms with Gasteiger partial charge in [-0.2, -0.15) is 57.1 Å². The van der Waals surface area contributed by atoms with Crippen LogP contribution in [0, 0.1) is 11.8 Å². The first-order chi connectivity index (χ1) is 20.5. The molecule has 0 atom stereocenters. The first-order valence-electron chi connectivity index (χ1n) is 15.1. The normalized spacial score (nSPS) is 14.4. The van der Waals surface area contributed by atoms with Gasteiger partial charge in [0.2, 0.25) is 0 Å². The fraction of sp³-hybridized carbons (Fsp3) is 1.00. The Morgan fingerprint density at radius 2 is 0.756 bits per heavy atom. The van der Waals surface area contributed by atoms with E-state index >= 15 is 0 Å². The second-order valence-corrected chi connectivity index (χ2v) is 13.1. The van der Waals surface area contributed by atoms with Crippen molar-refractivity contribution in [1.82, 2.24) is 0 Å². The fourth-order valence-electron chi connectivity index (χ4n) is 3.97. The lowest BCUT2D eigenvalue weighted by atomic mass is 9.93. The number of hydrogen-bond acceptors (Lipinski definition) is 3. The zero-order valence-electron chi connectivity index (χ0n) is 26.1. The Morgan fingerprint density at radius 3 is 1.13 bits per heavy atom. The monoisotopic (exact) mass is 708 g/mol. The second kappa shape index (κ2) is 19.4. The molecule has 0 fully saturated rings. The van der Waals surface area contributed by atoms with E-state index in [0.29, 0.717) is 37.5 Å². The minimum atomic E-state index is -7.92. The summed E-state index contributed by atoms with van der Waals surface area (Å²) in [4.78, 5) is 0. The second-order valence-electron chi connectivity index (χ2n) is 11.9. The number of hydrogen-bond donors (Lipinski definition) is 0. The van der Waals surface area contributed by atoms with Crippen molar-refractivity contribution in [1.29, 1.82) is 0 Å². The molecule has 0 saturated heterocycles. The Labute approximate surface area is 258 Å². The summed E-state index contributed by atoms with van der Waals surface area (Å²) in [5.41, 5.74) is 0. The minimum Gasteiger partial charge on any atom is -0.312 e. The van der Waals surface area contributed by atoms with Gasteiger partial charge >= 0.3 is 44.4 Å². The predicted molar refractivity (Wildman–Crippen MR) is 145 cm³/mol. The lowest BCUT2D eigenvalue weighted by Crippen LogP contribution is -2.70. The van der Waals surface area contributed by atoms with Gasteiger partial charge in [-0.1, -0.05) is 91.9 Å². The SMILES string of the molecule is CC(C)CCCCCCCOP(OCCCCCCCC(C)C)OCCC(F)(F)C(F)(F)C(F)(F)C(F)(F)C(F)(F)C(F)(F)F. The molecule has 0 aliphatic rings. The molecule has 272 valence electrons. The highest BCUT2D eigenvalue weighted by Crippen LogP contribution is 2.60. The zero-order valence-corrected chi connectivity index (χ0v) is 26.9. The summed E-state index contributed by atoms with van der Waals surface area (Å²) in [5, 5.41) is 0. The summed E-state index contributed by atoms with van der Waals surface area (Å²) in [6, 6.07) is 0. The van der Waals surface area contributed by atoms with Crippen molar-refractivity contribution >= 4 is 8.60 Å². The van der Waals surface area contributed by atoms with E-state index in [-0.39, 0.29) is 13.2 Å². The molecule has 0 N–H and O–H groups in total. The van der Waals surface area contributed by atoms with E-state index < -0.39 is 57.4 Å². The van der Waals surface area contributed by atoms with Crippen LogP contribution < -0.4 is 0 Å². The quantitative estimate of drug-likeness (QED) is 0.0509. The van der Waals surface area contributed by atoms with Crippen molar-refractivity contribution < 1.29 is 70.6 Å². The van der Waals surface area contributed by atoms with Crippen LogP contribution >= 0.6 is 8.60 Å². The molecular formula is C28H46F13O3P. The van der Waals surface area contributed by atoms with Gasteiger partial charge in [-0.3, -0.25) is 0 Å². The van der Waals surface area contributed by atoms with Gasteiger partial charge in [0.15, 0.2) is 0 Å². The van der Waals surface area contributed by atoms with Crippen LogP contribution in [0.3, 0.4) is 0 Å². The van der Waals surface area contributed by atoms with E-state index in [0.717, 1.165) is 51.4 Å². The maximum atomic E-state index is 14.1. The third kappa shape index (κ3) is 13.8. The van der Waals surface area contributed by atoms with Gasteiger partial charge in [0.25, 0.3) is 0 Å². The molecular weight excluding hydrogens is 662 g/mol. The molecule has 0 aliphatic heterocycles. The van der Waals surface area contributed by atoms with E-state index in [9.17, 15) is 57.1 Å². The molecule has 0 aromatic heterocycles. The maximum Gasteiger partial charge on any atom is 0.460 e. The highest BCUT2D eigenvalue weighted by Gasteiger charge is 2.90. The van der Waals surface area contributed by atoms with Crippen molar-refractivity contribution in [3.63, 3.8) is 0 Å². The molecule has 3 nitrogen and oxygen atoms in total. The first-order valence-corrected chi connectivity index (χ1v) is 16.2. The molecule has 0 unspecified atom stereocenters. The van der Waals surface area contributed by atoms with Gasteiger partial charge in [0.05, 0.1) is 19.8 Å². The van der Waals surface area contributed by atoms with Crippen molar-refractivity contribution in [2.24, 2.45) is 11.8 Å². The van der Waals surface area contributed by atoms with E-state index in [1.807, 2.05) is 0 Å². The predicted octanol–water partition coefficient (Wildman–Crippen LogP) is 12.4. The highest BCUT2D eigenvalue weighted by atomic mass is 31.2. The van der Waals surface area contributed by atoms with Gasteiger partial charge in [-0.15, -0.1) is 0 Å². The van der Waals surface area contributed by atoms with Gasteiger partial charge in [0.1, 0.15) is 0 Å². The summed E-state index contributed by atoms with van der Waals surface area (Å²) in [6.45, 7) is 6.81. The Bertz CT molecular complexity index is 770. The lowest BCUT2D eigenvalue weighted by Gasteiger charge is -2.39. The van der Waals surface area contributed by atoms with Crippen LogP contribution in [0.15, 0.2) is 0 Å². The smallest absolute Gasteiger partial charge is 0.312 e. The maximum absolute atomic E-state index is 14.1. The highest BCUT2D eigenvalue weighted by molar-refractivity contribution is 7.41. The molecule has 45 heavy (non-hydrogen) atoms. The van der Waals surface area contributed by atoms with Crippen molar-refractivity contribution in [2.45, 2.75) is 147 Å². The van der Waals surface area contributed by atoms with Gasteiger partial charge in [0, 0.05) is 6.42 Å². The molecule has 0 spiro atoms. The first kappa shape index (κ1) is 44.4. The standard InChI is InChI=1S/C28H46F13O3P/c1-21(2)15-11-7-5-9-13-18-42-45(43-19-14-10-6-8-12-16-22(3)4)44-20-17-23(29,30)24(31,32)25(33,34)26(35,36)27(37,38)28(39,40)41/h21-22H,5-20H2,1-4H3. The summed E-state index contributed by atoms with van der Waals surface area (Å²) in [5.74, 6) is -35.9. The van der Waals surface area contributed by atoms with Crippen LogP contribution in [-0.2, 0) is 13.6 Å². The van der Waals surface area contributed by atoms with Crippen molar-refractivity contribution in [3.05, 3.63) is 0 Å². The molecule has 0 aromatic carbocycles. The van der Waals surface area contributed by atoms with Crippen molar-refractivity contribution in [2.75, 3.05) is 19.8 Å². The summed E-state index contributed by atoms with van der Waals surface area (Å²) >= 11 is 0. The molecule has 17 heteroatoms. The average Bonchev–Trinajstić information content (AvgIpc) is 2.89. The summed E-state index contributed by atoms with van der Waals surface area (Å²) in [6.07, 6.45) is 0.289. The minimum absolute atomic E-state index is 0.00550. The molecule has 0 amide bonds. The molecule has 0 heterocycles. The van der Waals surface area contributed by atoms with Crippen LogP contribution in [0.2, 0.25) is 0 Å². The van der Waals surface area contributed by atoms with Crippen LogP contribution in [0.1, 0.15) is 111 Å². The van der Waals surface area contributed by atoms with Crippen molar-refractivity contribution in [3.8, 4) is 0 Å². The van der Waals surface area contributed by atoms with E-state index in [1.165, 1.54) is 0 Å². The van der Waals surface area contributed by atoms with Crippen LogP contribution in [0.5, 0.6) is 0 Å². The molecule has 0 bridgehead atoms. The Morgan fingerprint density at radius 1 is 0.422 bits per heavy atom. The third-order valence-corrected chi connectivity index (χ3v) is 8.04. The Hall–Kier alpha value is -0.600. The summed E-state index contributed by atoms with van der Waals surface area (Å²) in [7, 11) is -2.49. The van der Waals surface area contributed by atoms with E-state index in [1.54, 1.807) is 0 Å². The van der Waals surface area contributed by atoms with Crippen LogP contribution in [0.25, 0.3) is 0 Å². The van der Waals surface area contributed by atoms with Crippen LogP contribution in [0.4, 0.5) is 57.1 Å². The average molecular weight is 709 g/mol. The molecule has 0 aliphatic carbocycles. The van der Waals surface area contributed by atoms with Gasteiger partial charge in [-0.25, -0.2) is 0 Å². The van der Waals surface area contributed by atoms with Gasteiger partial charge < -0.3 is 13.6 Å². The van der Waals surface area contributed by atoms with E-state index in [2.05, 4.69) is 27.7 Å². The molecule has 0 radical (unpaired) electrons.